The Hall–Kier alpha value is -0.780. The maximum Gasteiger partial charge on any atom is 0.00505 e. The monoisotopic (exact) mass is 145 g/mol. The van der Waals surface area contributed by atoms with E-state index in [1.54, 1.807) is 5.92 Å². The van der Waals surface area contributed by atoms with Crippen molar-refractivity contribution in [1.82, 2.24) is 0 Å². The van der Waals surface area contributed by atoms with Crippen LogP contribution in [0.15, 0.2) is 18.2 Å². The first kappa shape index (κ1) is 6.90. The molecule has 0 nitrogen and oxygen atoms in total. The summed E-state index contributed by atoms with van der Waals surface area (Å²) >= 11 is 0. The molecule has 2 rings (SSSR count). The average molecular weight is 145 g/mol. The van der Waals surface area contributed by atoms with Crippen molar-refractivity contribution in [2.24, 2.45) is 0 Å². The Morgan fingerprint density at radius 3 is 2.27 bits per heavy atom. The third-order valence-electron chi connectivity index (χ3n) is 2.42. The molecule has 0 heterocycles. The van der Waals surface area contributed by atoms with Crippen molar-refractivity contribution >= 4 is 0 Å². The summed E-state index contributed by atoms with van der Waals surface area (Å²) in [5.74, 6) is 1.63. The van der Waals surface area contributed by atoms with Crippen molar-refractivity contribution < 1.29 is 0 Å². The lowest BCUT2D eigenvalue weighted by Crippen LogP contribution is -1.84. The van der Waals surface area contributed by atoms with Crippen molar-refractivity contribution in [3.8, 4) is 0 Å². The lowest BCUT2D eigenvalue weighted by Gasteiger charge is -2.02. The molecule has 1 fully saturated rings. The summed E-state index contributed by atoms with van der Waals surface area (Å²) in [5, 5.41) is 0. The average Bonchev–Trinajstić information content (AvgIpc) is 2.77. The molecule has 0 unspecified atom stereocenters. The van der Waals surface area contributed by atoms with E-state index in [0.29, 0.717) is 0 Å². The molecular weight excluding hydrogens is 132 g/mol. The molecule has 0 bridgehead atoms. The van der Waals surface area contributed by atoms with Gasteiger partial charge in [0.05, 0.1) is 0 Å². The van der Waals surface area contributed by atoms with Crippen LogP contribution < -0.4 is 0 Å². The molecule has 1 radical (unpaired) electrons. The summed E-state index contributed by atoms with van der Waals surface area (Å²) in [6.07, 6.45) is 2.64. The Kier molecular flexibility index (Phi) is 1.49. The van der Waals surface area contributed by atoms with Gasteiger partial charge in [0.15, 0.2) is 0 Å². The van der Waals surface area contributed by atoms with Crippen molar-refractivity contribution in [1.29, 1.82) is 0 Å². The highest BCUT2D eigenvalue weighted by atomic mass is 14.3. The van der Waals surface area contributed by atoms with Gasteiger partial charge in [-0.25, -0.2) is 0 Å². The standard InChI is InChI=1S/C11H13/c1-8-3-4-11(7-9(8)2)10-5-6-10/h3-4,7H,5-6H2,1-2H3. The van der Waals surface area contributed by atoms with Crippen LogP contribution in [0.4, 0.5) is 0 Å². The molecule has 0 aliphatic heterocycles. The molecule has 57 valence electrons. The van der Waals surface area contributed by atoms with E-state index in [1.807, 2.05) is 0 Å². The zero-order chi connectivity index (χ0) is 7.84. The number of hydrogen-bond donors (Lipinski definition) is 0. The number of rotatable bonds is 1. The second-order valence-corrected chi connectivity index (χ2v) is 3.40. The van der Waals surface area contributed by atoms with E-state index in [-0.39, 0.29) is 0 Å². The van der Waals surface area contributed by atoms with E-state index in [1.165, 1.54) is 29.5 Å². The fourth-order valence-electron chi connectivity index (χ4n) is 1.31. The van der Waals surface area contributed by atoms with Gasteiger partial charge in [-0.2, -0.15) is 0 Å². The number of aryl methyl sites for hydroxylation is 2. The predicted octanol–water partition coefficient (Wildman–Crippen LogP) is 3.02. The highest BCUT2D eigenvalue weighted by Crippen LogP contribution is 2.39. The zero-order valence-electron chi connectivity index (χ0n) is 7.15. The van der Waals surface area contributed by atoms with Crippen LogP contribution in [0.5, 0.6) is 0 Å². The van der Waals surface area contributed by atoms with Crippen LogP contribution in [0, 0.1) is 19.8 Å². The first-order chi connectivity index (χ1) is 5.27. The zero-order valence-corrected chi connectivity index (χ0v) is 7.15. The van der Waals surface area contributed by atoms with Gasteiger partial charge in [-0.05, 0) is 43.4 Å². The predicted molar refractivity (Wildman–Crippen MR) is 47.5 cm³/mol. The quantitative estimate of drug-likeness (QED) is 0.569. The van der Waals surface area contributed by atoms with E-state index < -0.39 is 0 Å². The summed E-state index contributed by atoms with van der Waals surface area (Å²) in [5.41, 5.74) is 4.28. The van der Waals surface area contributed by atoms with Crippen LogP contribution in [0.1, 0.15) is 29.5 Å². The maximum atomic E-state index is 2.30. The van der Waals surface area contributed by atoms with Crippen molar-refractivity contribution in [2.75, 3.05) is 0 Å². The van der Waals surface area contributed by atoms with E-state index in [0.717, 1.165) is 0 Å². The summed E-state index contributed by atoms with van der Waals surface area (Å²) in [6.45, 7) is 4.35. The highest BCUT2D eigenvalue weighted by molar-refractivity contribution is 5.41. The maximum absolute atomic E-state index is 2.30. The van der Waals surface area contributed by atoms with Gasteiger partial charge >= 0.3 is 0 Å². The topological polar surface area (TPSA) is 0 Å². The third-order valence-corrected chi connectivity index (χ3v) is 2.42. The van der Waals surface area contributed by atoms with Crippen molar-refractivity contribution in [3.63, 3.8) is 0 Å². The molecule has 1 aromatic carbocycles. The van der Waals surface area contributed by atoms with Gasteiger partial charge in [0, 0.05) is 5.92 Å². The van der Waals surface area contributed by atoms with Gasteiger partial charge in [0.25, 0.3) is 0 Å². The third kappa shape index (κ3) is 1.30. The van der Waals surface area contributed by atoms with Crippen LogP contribution in [0.2, 0.25) is 0 Å². The van der Waals surface area contributed by atoms with E-state index >= 15 is 0 Å². The SMILES string of the molecule is Cc1ccc([C]2CC2)cc1C. The van der Waals surface area contributed by atoms with Gasteiger partial charge in [-0.15, -0.1) is 0 Å². The van der Waals surface area contributed by atoms with Crippen molar-refractivity contribution in [3.05, 3.63) is 40.8 Å². The van der Waals surface area contributed by atoms with Gasteiger partial charge < -0.3 is 0 Å². The molecule has 1 aromatic rings. The molecule has 0 atom stereocenters. The van der Waals surface area contributed by atoms with Crippen LogP contribution >= 0.6 is 0 Å². The normalized spacial score (nSPS) is 16.9. The molecule has 0 spiro atoms. The van der Waals surface area contributed by atoms with E-state index in [9.17, 15) is 0 Å². The molecule has 11 heavy (non-hydrogen) atoms. The van der Waals surface area contributed by atoms with Gasteiger partial charge in [0.2, 0.25) is 0 Å². The summed E-state index contributed by atoms with van der Waals surface area (Å²) in [7, 11) is 0. The second kappa shape index (κ2) is 2.37. The Labute approximate surface area is 68.3 Å². The minimum absolute atomic E-state index is 1.32. The molecule has 0 heteroatoms. The molecule has 1 saturated carbocycles. The summed E-state index contributed by atoms with van der Waals surface area (Å²) in [6, 6.07) is 6.76. The number of benzene rings is 1. The fourth-order valence-corrected chi connectivity index (χ4v) is 1.31. The van der Waals surface area contributed by atoms with E-state index in [2.05, 4.69) is 32.0 Å². The Morgan fingerprint density at radius 2 is 1.73 bits per heavy atom. The van der Waals surface area contributed by atoms with Crippen molar-refractivity contribution in [2.45, 2.75) is 26.7 Å². The minimum atomic E-state index is 1.32. The first-order valence-corrected chi connectivity index (χ1v) is 4.20. The molecule has 1 aliphatic rings. The molecule has 0 amide bonds. The van der Waals surface area contributed by atoms with Gasteiger partial charge in [-0.1, -0.05) is 18.2 Å². The highest BCUT2D eigenvalue weighted by Gasteiger charge is 2.24. The summed E-state index contributed by atoms with van der Waals surface area (Å²) < 4.78 is 0. The first-order valence-electron chi connectivity index (χ1n) is 4.20. The Bertz CT molecular complexity index is 269. The van der Waals surface area contributed by atoms with Crippen LogP contribution in [-0.4, -0.2) is 0 Å². The fraction of sp³-hybridized carbons (Fsp3) is 0.364. The largest absolute Gasteiger partial charge is 0.0588 e. The Morgan fingerprint density at radius 1 is 1.00 bits per heavy atom. The van der Waals surface area contributed by atoms with E-state index in [4.69, 9.17) is 0 Å². The van der Waals surface area contributed by atoms with Crippen LogP contribution in [0.25, 0.3) is 0 Å². The molecule has 0 N–H and O–H groups in total. The van der Waals surface area contributed by atoms with Crippen LogP contribution in [0.3, 0.4) is 0 Å². The molecule has 1 aliphatic carbocycles. The smallest absolute Gasteiger partial charge is 0.00505 e. The lowest BCUT2D eigenvalue weighted by atomic mass is 10.0. The van der Waals surface area contributed by atoms with Gasteiger partial charge in [-0.3, -0.25) is 0 Å². The number of hydrogen-bond acceptors (Lipinski definition) is 0. The minimum Gasteiger partial charge on any atom is -0.0588 e. The molecular formula is C11H13. The second-order valence-electron chi connectivity index (χ2n) is 3.40. The lowest BCUT2D eigenvalue weighted by molar-refractivity contribution is 1.29. The Balaban J connectivity index is 2.36. The summed E-state index contributed by atoms with van der Waals surface area (Å²) in [4.78, 5) is 0. The van der Waals surface area contributed by atoms with Gasteiger partial charge in [0.1, 0.15) is 0 Å². The molecule has 0 saturated heterocycles. The van der Waals surface area contributed by atoms with Crippen LogP contribution in [-0.2, 0) is 0 Å². The molecule has 0 aromatic heterocycles.